The van der Waals surface area contributed by atoms with Gasteiger partial charge in [-0.2, -0.15) is 41.3 Å². The highest BCUT2D eigenvalue weighted by Crippen LogP contribution is 2.35. The summed E-state index contributed by atoms with van der Waals surface area (Å²) in [6, 6.07) is 46.6. The molecule has 0 spiro atoms. The van der Waals surface area contributed by atoms with Gasteiger partial charge in [0.2, 0.25) is 5.91 Å². The number of urea groups is 1. The molecule has 0 atom stereocenters. The van der Waals surface area contributed by atoms with Crippen molar-refractivity contribution in [2.45, 2.75) is 59.3 Å². The maximum absolute atomic E-state index is 13.8. The molecular formula is C77H76ClF8N13O10. The van der Waals surface area contributed by atoms with Gasteiger partial charge in [-0.3, -0.25) is 9.59 Å². The zero-order chi connectivity index (χ0) is 78.0. The van der Waals surface area contributed by atoms with Crippen LogP contribution in [0.5, 0.6) is 29.5 Å². The number of halogens is 9. The molecule has 3 heterocycles. The number of nitrogens with zero attached hydrogens (tertiary/aromatic N) is 9. The summed E-state index contributed by atoms with van der Waals surface area (Å²) in [7, 11) is 3.16. The van der Waals surface area contributed by atoms with E-state index in [0.29, 0.717) is 107 Å². The van der Waals surface area contributed by atoms with Gasteiger partial charge in [0.05, 0.1) is 67.4 Å². The normalized spacial score (nSPS) is 11.2. The Bertz CT molecular complexity index is 4740. The molecule has 0 saturated carbocycles. The third-order valence-electron chi connectivity index (χ3n) is 15.3. The number of unbranched alkanes of at least 4 members (excludes halogenated alkanes) is 1. The van der Waals surface area contributed by atoms with Crippen molar-refractivity contribution in [3.63, 3.8) is 0 Å². The van der Waals surface area contributed by atoms with Crippen LogP contribution >= 0.6 is 11.6 Å². The van der Waals surface area contributed by atoms with E-state index in [9.17, 15) is 49.5 Å². The van der Waals surface area contributed by atoms with Crippen LogP contribution < -0.4 is 45.0 Å². The minimum Gasteiger partial charge on any atom is -0.497 e. The second-order valence-electron chi connectivity index (χ2n) is 23.9. The second kappa shape index (κ2) is 39.1. The largest absolute Gasteiger partial charge is 0.497 e. The summed E-state index contributed by atoms with van der Waals surface area (Å²) in [6.45, 7) is 10.6. The molecule has 0 radical (unpaired) electrons. The molecule has 4 N–H and O–H groups in total. The van der Waals surface area contributed by atoms with Crippen LogP contribution in [0, 0.1) is 17.6 Å². The van der Waals surface area contributed by atoms with Gasteiger partial charge in [0.25, 0.3) is 5.91 Å². The first kappa shape index (κ1) is 81.1. The lowest BCUT2D eigenvalue weighted by atomic mass is 10.1. The molecule has 0 aliphatic carbocycles. The van der Waals surface area contributed by atoms with Gasteiger partial charge in [0.1, 0.15) is 36.3 Å². The fraction of sp³-hybridized carbons (Fsp3) is 0.260. The Hall–Kier alpha value is -12.0. The highest BCUT2D eigenvalue weighted by Gasteiger charge is 2.32. The van der Waals surface area contributed by atoms with Gasteiger partial charge in [-0.05, 0) is 177 Å². The Morgan fingerprint density at radius 3 is 1.50 bits per heavy atom. The summed E-state index contributed by atoms with van der Waals surface area (Å²) in [4.78, 5) is 49.9. The van der Waals surface area contributed by atoms with Crippen molar-refractivity contribution in [2.24, 2.45) is 5.92 Å². The number of hydrogen-bond acceptors (Lipinski definition) is 16. The van der Waals surface area contributed by atoms with E-state index in [1.807, 2.05) is 45.0 Å². The minimum atomic E-state index is -4.49. The number of aromatic nitrogens is 9. The zero-order valence-electron chi connectivity index (χ0n) is 59.8. The van der Waals surface area contributed by atoms with Gasteiger partial charge >= 0.3 is 36.4 Å². The van der Waals surface area contributed by atoms with Gasteiger partial charge < -0.3 is 54.4 Å². The third-order valence-corrected chi connectivity index (χ3v) is 15.5. The average molecular weight is 1530 g/mol. The maximum atomic E-state index is 13.8. The van der Waals surface area contributed by atoms with E-state index in [1.165, 1.54) is 33.6 Å². The first-order valence-corrected chi connectivity index (χ1v) is 34.6. The molecule has 4 amide bonds. The predicted octanol–water partition coefficient (Wildman–Crippen LogP) is 17.2. The van der Waals surface area contributed by atoms with Crippen LogP contribution in [0.1, 0.15) is 68.4 Å². The summed E-state index contributed by atoms with van der Waals surface area (Å²) in [5.74, 6) is 0.763. The maximum Gasteiger partial charge on any atom is 0.416 e. The van der Waals surface area contributed by atoms with E-state index in [2.05, 4.69) is 58.4 Å². The van der Waals surface area contributed by atoms with Gasteiger partial charge in [-0.1, -0.05) is 51.5 Å². The first-order valence-electron chi connectivity index (χ1n) is 34.0. The fourth-order valence-corrected chi connectivity index (χ4v) is 9.99. The molecule has 11 rings (SSSR count). The van der Waals surface area contributed by atoms with Gasteiger partial charge in [-0.25, -0.2) is 27.6 Å². The number of ether oxygens (including phenoxy) is 7. The Labute approximate surface area is 626 Å². The highest BCUT2D eigenvalue weighted by atomic mass is 35.5. The van der Waals surface area contributed by atoms with Crippen molar-refractivity contribution >= 4 is 52.2 Å². The molecule has 0 saturated heterocycles. The third kappa shape index (κ3) is 23.8. The lowest BCUT2D eigenvalue weighted by Gasteiger charge is -2.10. The van der Waals surface area contributed by atoms with Crippen LogP contribution in [0.2, 0.25) is 0 Å². The number of rotatable bonds is 30. The smallest absolute Gasteiger partial charge is 0.416 e. The number of methoxy groups -OCH3 is 2. The van der Waals surface area contributed by atoms with Crippen LogP contribution in [0.15, 0.2) is 188 Å². The van der Waals surface area contributed by atoms with Gasteiger partial charge in [-0.15, -0.1) is 26.9 Å². The van der Waals surface area contributed by atoms with Crippen molar-refractivity contribution in [3.05, 3.63) is 216 Å². The van der Waals surface area contributed by atoms with Crippen molar-refractivity contribution in [3.8, 4) is 80.8 Å². The summed E-state index contributed by atoms with van der Waals surface area (Å²) in [5.41, 5.74) is 3.55. The van der Waals surface area contributed by atoms with E-state index in [4.69, 9.17) is 44.8 Å². The quantitative estimate of drug-likeness (QED) is 0.0185. The summed E-state index contributed by atoms with van der Waals surface area (Å²) in [5, 5.41) is 23.7. The molecule has 23 nitrogen and oxygen atoms in total. The van der Waals surface area contributed by atoms with Gasteiger partial charge in [0.15, 0.2) is 17.5 Å². The number of hydrogen-bond donors (Lipinski definition) is 4. The highest BCUT2D eigenvalue weighted by molar-refractivity contribution is 6.19. The lowest BCUT2D eigenvalue weighted by Crippen LogP contribution is -2.20. The topological polar surface area (TPSA) is 256 Å². The van der Waals surface area contributed by atoms with Crippen molar-refractivity contribution in [1.29, 1.82) is 0 Å². The zero-order valence-corrected chi connectivity index (χ0v) is 60.5. The summed E-state index contributed by atoms with van der Waals surface area (Å²) >= 11 is 5.57. The summed E-state index contributed by atoms with van der Waals surface area (Å²) in [6.07, 6.45) is -6.76. The van der Waals surface area contributed by atoms with Crippen LogP contribution in [0.3, 0.4) is 0 Å². The Balaban J connectivity index is 0.000000190. The molecule has 3 aromatic heterocycles. The average Bonchev–Trinajstić information content (AvgIpc) is 1.69. The molecule has 8 aromatic carbocycles. The second-order valence-corrected chi connectivity index (χ2v) is 24.3. The van der Waals surface area contributed by atoms with Crippen molar-refractivity contribution in [1.82, 2.24) is 44.3 Å². The standard InChI is InChI=1S/C30H31F3N4O4.C25H23F2N5O4.C22H22ClF3N4O2/c1-3-5-18-40-26-16-8-22(9-17-26)28(38)34-24-12-14-25(15-13-24)37-27(35-29(36-37)41-20-19-39-4-2)21-6-10-23(11-7-21)30(31,32)33;1-34-13-14-36-25-30-23(16-3-10-20(35-2)11-4-16)32(31-25)19-8-6-18(7-9-19)28-24(33)29-22-12-5-17(26)15-21(22)27;1-14(2)13-32-21-28-20(15-4-3-5-16(12-15)22(24,25)26)30(29-21)18-8-6-17(7-9-18)27-19(31)10-11-23/h6-17H,3-5,18-20H2,1-2H3,(H,34,38);3-12,15H,13-14H2,1-2H3,(H2,28,29,33);3-9,12,14H,10-11,13H2,1-2H3,(H,27,31). The van der Waals surface area contributed by atoms with Crippen LogP contribution in [0.4, 0.5) is 62.7 Å². The molecule has 0 fully saturated rings. The van der Waals surface area contributed by atoms with Gasteiger partial charge in [0, 0.05) is 71.4 Å². The SMILES string of the molecule is CC(C)COc1nc(-c2cccc(C(F)(F)F)c2)n(-c2ccc(NC(=O)CCCl)cc2)n1.CCCCOc1ccc(C(=O)Nc2ccc(-n3nc(OCCOCC)nc3-c3ccc(C(F)(F)F)cc3)cc2)cc1.COCCOc1nc(-c2ccc(OC)cc2)n(-c2ccc(NC(=O)Nc3ccc(F)cc3F)cc2)n1. The number of carbonyl (C=O) groups excluding carboxylic acids is 3. The number of anilines is 4. The number of benzene rings is 8. The molecule has 0 aliphatic rings. The lowest BCUT2D eigenvalue weighted by molar-refractivity contribution is -0.138. The minimum absolute atomic E-state index is 0.0547. The van der Waals surface area contributed by atoms with E-state index in [0.717, 1.165) is 54.8 Å². The van der Waals surface area contributed by atoms with E-state index >= 15 is 0 Å². The fourth-order valence-electron chi connectivity index (χ4n) is 9.82. The van der Waals surface area contributed by atoms with Crippen molar-refractivity contribution < 1.29 is 82.7 Å². The number of nitrogens with one attached hydrogen (secondary N) is 4. The molecule has 572 valence electrons. The predicted molar refractivity (Wildman–Crippen MR) is 394 cm³/mol. The Morgan fingerprint density at radius 2 is 1.01 bits per heavy atom. The molecule has 109 heavy (non-hydrogen) atoms. The molecule has 11 aromatic rings. The van der Waals surface area contributed by atoms with Crippen LogP contribution in [-0.4, -0.2) is 128 Å². The first-order chi connectivity index (χ1) is 52.4. The molecule has 0 aliphatic heterocycles. The van der Waals surface area contributed by atoms with E-state index in [-0.39, 0.29) is 78.4 Å². The summed E-state index contributed by atoms with van der Waals surface area (Å²) < 4.78 is 148. The number of carbonyl (C=O) groups is 3. The van der Waals surface area contributed by atoms with E-state index < -0.39 is 41.1 Å². The molecule has 0 unspecified atom stereocenters. The molecule has 32 heteroatoms. The van der Waals surface area contributed by atoms with E-state index in [1.54, 1.807) is 116 Å². The van der Waals surface area contributed by atoms with Crippen LogP contribution in [-0.2, 0) is 26.6 Å². The Morgan fingerprint density at radius 1 is 0.505 bits per heavy atom. The van der Waals surface area contributed by atoms with Crippen molar-refractivity contribution in [2.75, 3.05) is 87.6 Å². The Kier molecular flexibility index (Phi) is 29.1. The van der Waals surface area contributed by atoms with Crippen LogP contribution in [0.25, 0.3) is 51.2 Å². The number of alkyl halides is 7. The molecular weight excluding hydrogens is 1450 g/mol. The molecule has 0 bridgehead atoms. The monoisotopic (exact) mass is 1530 g/mol. The number of amides is 4.